The maximum atomic E-state index is 15.7. The van der Waals surface area contributed by atoms with Crippen molar-refractivity contribution in [1.29, 1.82) is 0 Å². The predicted molar refractivity (Wildman–Crippen MR) is 159 cm³/mol. The number of hydrogen-bond acceptors (Lipinski definition) is 10. The number of ether oxygens (including phenoxy) is 2. The van der Waals surface area contributed by atoms with Crippen LogP contribution in [0.1, 0.15) is 0 Å². The molecule has 0 fully saturated rings. The molecule has 2 aromatic heterocycles. The Hall–Kier alpha value is -4.53. The molecular weight excluding hydrogens is 568 g/mol. The van der Waals surface area contributed by atoms with Gasteiger partial charge in [0.15, 0.2) is 34.7 Å². The van der Waals surface area contributed by atoms with E-state index >= 15 is 8.78 Å². The summed E-state index contributed by atoms with van der Waals surface area (Å²) in [6, 6.07) is 9.19. The van der Waals surface area contributed by atoms with Crippen molar-refractivity contribution in [2.45, 2.75) is 0 Å². The Morgan fingerprint density at radius 1 is 1.10 bits per heavy atom. The molecular formula is C28H29F2N7O4S. The van der Waals surface area contributed by atoms with Crippen LogP contribution < -0.4 is 19.9 Å². The number of aliphatic imine (C=N–C) groups is 1. The van der Waals surface area contributed by atoms with Crippen LogP contribution in [0.4, 0.5) is 20.2 Å². The lowest BCUT2D eigenvalue weighted by atomic mass is 10.1. The van der Waals surface area contributed by atoms with Gasteiger partial charge in [-0.25, -0.2) is 13.8 Å². The van der Waals surface area contributed by atoms with Crippen LogP contribution in [-0.4, -0.2) is 75.8 Å². The van der Waals surface area contributed by atoms with Gasteiger partial charge in [-0.15, -0.1) is 4.31 Å². The summed E-state index contributed by atoms with van der Waals surface area (Å²) in [5.74, 6) is -2.42. The van der Waals surface area contributed by atoms with Crippen LogP contribution in [0.2, 0.25) is 0 Å². The third kappa shape index (κ3) is 6.35. The summed E-state index contributed by atoms with van der Waals surface area (Å²) in [5, 5.41) is 0.212. The number of halogens is 2. The average Bonchev–Trinajstić information content (AvgIpc) is 3.00. The Labute approximate surface area is 244 Å². The van der Waals surface area contributed by atoms with Crippen LogP contribution in [0.5, 0.6) is 11.5 Å². The van der Waals surface area contributed by atoms with Gasteiger partial charge in [-0.3, -0.25) is 19.3 Å². The van der Waals surface area contributed by atoms with Crippen molar-refractivity contribution in [3.05, 3.63) is 89.5 Å². The minimum Gasteiger partial charge on any atom is -0.573 e. The molecule has 2 aromatic carbocycles. The van der Waals surface area contributed by atoms with E-state index in [4.69, 9.17) is 9.47 Å². The molecule has 0 radical (unpaired) electrons. The molecule has 4 rings (SSSR count). The van der Waals surface area contributed by atoms with Gasteiger partial charge in [-0.1, -0.05) is 0 Å². The smallest absolute Gasteiger partial charge is 0.265 e. The monoisotopic (exact) mass is 597 g/mol. The molecule has 1 atom stereocenters. The number of nitrogens with zero attached hydrogens (tertiary/aromatic N) is 7. The molecule has 14 heteroatoms. The van der Waals surface area contributed by atoms with Gasteiger partial charge in [0, 0.05) is 44.5 Å². The maximum Gasteiger partial charge on any atom is 0.265 e. The number of aromatic nitrogens is 3. The lowest BCUT2D eigenvalue weighted by Gasteiger charge is -2.26. The average molecular weight is 598 g/mol. The first-order valence-electron chi connectivity index (χ1n) is 12.5. The Morgan fingerprint density at radius 2 is 1.81 bits per heavy atom. The van der Waals surface area contributed by atoms with E-state index < -0.39 is 34.4 Å². The van der Waals surface area contributed by atoms with Crippen molar-refractivity contribution in [2.75, 3.05) is 46.8 Å². The molecule has 0 saturated carbocycles. The van der Waals surface area contributed by atoms with E-state index in [1.807, 2.05) is 0 Å². The van der Waals surface area contributed by atoms with E-state index in [1.54, 1.807) is 51.6 Å². The Balaban J connectivity index is 1.82. The molecule has 2 heterocycles. The van der Waals surface area contributed by atoms with Crippen molar-refractivity contribution in [3.63, 3.8) is 0 Å². The van der Waals surface area contributed by atoms with Gasteiger partial charge < -0.3 is 18.9 Å². The maximum absolute atomic E-state index is 15.7. The topological polar surface area (TPSA) is 111 Å². The molecule has 0 aliphatic heterocycles. The van der Waals surface area contributed by atoms with Crippen LogP contribution in [0, 0.1) is 11.6 Å². The minimum absolute atomic E-state index is 0.127. The summed E-state index contributed by atoms with van der Waals surface area (Å²) in [4.78, 5) is 27.4. The largest absolute Gasteiger partial charge is 0.573 e. The zero-order valence-electron chi connectivity index (χ0n) is 23.6. The molecule has 0 aliphatic rings. The van der Waals surface area contributed by atoms with Gasteiger partial charge in [0.05, 0.1) is 56.8 Å². The van der Waals surface area contributed by atoms with Crippen molar-refractivity contribution in [2.24, 2.45) is 4.99 Å². The van der Waals surface area contributed by atoms with E-state index in [0.29, 0.717) is 11.2 Å². The second-order valence-corrected chi connectivity index (χ2v) is 10.7. The van der Waals surface area contributed by atoms with Gasteiger partial charge in [-0.05, 0) is 30.3 Å². The summed E-state index contributed by atoms with van der Waals surface area (Å²) >= 11 is -1.41. The zero-order chi connectivity index (χ0) is 30.4. The lowest BCUT2D eigenvalue weighted by molar-refractivity contribution is 0.359. The summed E-state index contributed by atoms with van der Waals surface area (Å²) < 4.78 is 58.0. The molecule has 0 amide bonds. The van der Waals surface area contributed by atoms with Gasteiger partial charge >= 0.3 is 0 Å². The van der Waals surface area contributed by atoms with Crippen LogP contribution >= 0.6 is 0 Å². The zero-order valence-corrected chi connectivity index (χ0v) is 24.4. The van der Waals surface area contributed by atoms with E-state index in [9.17, 15) is 9.35 Å². The van der Waals surface area contributed by atoms with Gasteiger partial charge in [0.2, 0.25) is 0 Å². The van der Waals surface area contributed by atoms with Crippen LogP contribution in [-0.2, 0) is 11.5 Å². The quantitative estimate of drug-likeness (QED) is 0.188. The molecule has 220 valence electrons. The Morgan fingerprint density at radius 3 is 2.43 bits per heavy atom. The summed E-state index contributed by atoms with van der Waals surface area (Å²) in [6.45, 7) is -0.127. The van der Waals surface area contributed by atoms with Gasteiger partial charge in [0.1, 0.15) is 12.0 Å². The third-order valence-electron chi connectivity index (χ3n) is 6.09. The first kappa shape index (κ1) is 30.4. The number of hydrogen-bond donors (Lipinski definition) is 0. The number of fused-ring (bicyclic) bond motifs is 1. The number of benzene rings is 2. The number of anilines is 2. The molecule has 0 aliphatic carbocycles. The molecule has 0 bridgehead atoms. The fraction of sp³-hybridized carbons (Fsp3) is 0.214. The van der Waals surface area contributed by atoms with Crippen molar-refractivity contribution >= 4 is 40.0 Å². The van der Waals surface area contributed by atoms with E-state index in [0.717, 1.165) is 6.07 Å². The van der Waals surface area contributed by atoms with Crippen molar-refractivity contribution in [3.8, 4) is 17.2 Å². The number of methoxy groups -OCH3 is 2. The number of rotatable bonds is 11. The predicted octanol–water partition coefficient (Wildman–Crippen LogP) is 3.83. The van der Waals surface area contributed by atoms with Crippen LogP contribution in [0.15, 0.2) is 77.3 Å². The molecule has 42 heavy (non-hydrogen) atoms. The van der Waals surface area contributed by atoms with Gasteiger partial charge in [-0.2, -0.15) is 4.31 Å². The molecule has 1 unspecified atom stereocenters. The standard InChI is InChI=1S/C28H29F2N7O4S/c1-34(2)42(39)35(3)13-11-31-12-14-36(27-25(29)23(40-4)16-24(41-5)26(27)30)19-8-9-22-21(15-19)28(38)37(18-33-22)20-7-6-10-32-17-20/h6-13,15-18H,14H2,1-5H3/b13-11-,31-12+. The summed E-state index contributed by atoms with van der Waals surface area (Å²) in [7, 11) is 7.46. The molecule has 0 N–H and O–H groups in total. The van der Waals surface area contributed by atoms with E-state index in [1.165, 1.54) is 69.5 Å². The van der Waals surface area contributed by atoms with Crippen LogP contribution in [0.3, 0.4) is 0 Å². The second-order valence-electron chi connectivity index (χ2n) is 8.92. The minimum atomic E-state index is -1.41. The molecule has 0 spiro atoms. The first-order valence-corrected chi connectivity index (χ1v) is 13.5. The fourth-order valence-corrected chi connectivity index (χ4v) is 4.70. The second kappa shape index (κ2) is 13.4. The SMILES string of the molecule is COc1cc(OC)c(F)c(N(C/C=N/C=C\N(C)[S+]([O-])N(C)C)c2ccc3ncn(-c4cccnc4)c(=O)c3c2)c1F. The Bertz CT molecular complexity index is 1640. The Kier molecular flexibility index (Phi) is 9.72. The normalized spacial score (nSPS) is 12.4. The highest BCUT2D eigenvalue weighted by atomic mass is 32.2. The molecule has 11 nitrogen and oxygen atoms in total. The summed E-state index contributed by atoms with van der Waals surface area (Å²) in [6.07, 6.45) is 8.80. The molecule has 4 aromatic rings. The van der Waals surface area contributed by atoms with E-state index in [-0.39, 0.29) is 29.1 Å². The van der Waals surface area contributed by atoms with Gasteiger partial charge in [0.25, 0.3) is 5.56 Å². The fourth-order valence-electron chi connectivity index (χ4n) is 4.03. The highest BCUT2D eigenvalue weighted by Gasteiger charge is 2.26. The van der Waals surface area contributed by atoms with E-state index in [2.05, 4.69) is 15.0 Å². The molecule has 0 saturated heterocycles. The number of pyridine rings is 1. The first-order chi connectivity index (χ1) is 20.2. The van der Waals surface area contributed by atoms with Crippen LogP contribution in [0.25, 0.3) is 16.6 Å². The highest BCUT2D eigenvalue weighted by Crippen LogP contribution is 2.40. The van der Waals surface area contributed by atoms with Crippen molar-refractivity contribution < 1.29 is 22.8 Å². The third-order valence-corrected chi connectivity index (χ3v) is 7.33. The lowest BCUT2D eigenvalue weighted by Crippen LogP contribution is -2.33. The summed E-state index contributed by atoms with van der Waals surface area (Å²) in [5.41, 5.74) is 0.310. The highest BCUT2D eigenvalue weighted by molar-refractivity contribution is 7.86. The van der Waals surface area contributed by atoms with Crippen molar-refractivity contribution in [1.82, 2.24) is 23.1 Å².